The van der Waals surface area contributed by atoms with Crippen LogP contribution in [0.4, 0.5) is 0 Å². The second-order valence-corrected chi connectivity index (χ2v) is 9.01. The Kier molecular flexibility index (Phi) is 2.35. The highest BCUT2D eigenvalue weighted by molar-refractivity contribution is 5.84. The van der Waals surface area contributed by atoms with E-state index in [2.05, 4.69) is 6.58 Å². The highest BCUT2D eigenvalue weighted by atomic mass is 16.6. The zero-order valence-corrected chi connectivity index (χ0v) is 13.6. The Morgan fingerprint density at radius 1 is 1.35 bits per heavy atom. The van der Waals surface area contributed by atoms with Crippen molar-refractivity contribution in [2.75, 3.05) is 0 Å². The summed E-state index contributed by atoms with van der Waals surface area (Å²) >= 11 is 0. The number of fused-ring (bicyclic) bond motifs is 1. The molecule has 1 heterocycles. The number of hydrogen-bond acceptors (Lipinski definition) is 3. The van der Waals surface area contributed by atoms with Gasteiger partial charge < -0.3 is 9.84 Å². The van der Waals surface area contributed by atoms with Crippen LogP contribution >= 0.6 is 0 Å². The summed E-state index contributed by atoms with van der Waals surface area (Å²) in [6, 6.07) is 0. The summed E-state index contributed by atoms with van der Waals surface area (Å²) in [5, 5.41) is 10.2. The van der Waals surface area contributed by atoms with Crippen molar-refractivity contribution in [3.05, 3.63) is 12.2 Å². The van der Waals surface area contributed by atoms with Crippen LogP contribution in [-0.4, -0.2) is 22.6 Å². The van der Waals surface area contributed by atoms with Crippen LogP contribution in [0, 0.1) is 34.5 Å². The molecule has 4 bridgehead atoms. The number of carboxylic acids is 1. The van der Waals surface area contributed by atoms with Gasteiger partial charge in [0.2, 0.25) is 0 Å². The van der Waals surface area contributed by atoms with Crippen molar-refractivity contribution in [3.8, 4) is 0 Å². The lowest BCUT2D eigenvalue weighted by Crippen LogP contribution is -2.47. The number of hydrogen-bond donors (Lipinski definition) is 1. The lowest BCUT2D eigenvalue weighted by atomic mass is 9.60. The van der Waals surface area contributed by atoms with Crippen molar-refractivity contribution < 1.29 is 19.4 Å². The zero-order chi connectivity index (χ0) is 16.2. The number of carbonyl (C=O) groups is 2. The van der Waals surface area contributed by atoms with E-state index in [4.69, 9.17) is 4.74 Å². The van der Waals surface area contributed by atoms with Crippen LogP contribution < -0.4 is 0 Å². The molecule has 1 spiro atoms. The first kappa shape index (κ1) is 14.1. The van der Waals surface area contributed by atoms with Crippen molar-refractivity contribution in [3.63, 3.8) is 0 Å². The molecule has 7 atom stereocenters. The predicted octanol–water partition coefficient (Wildman–Crippen LogP) is 3.17. The van der Waals surface area contributed by atoms with Gasteiger partial charge in [0.1, 0.15) is 5.60 Å². The Labute approximate surface area is 136 Å². The van der Waals surface area contributed by atoms with Crippen LogP contribution in [0.15, 0.2) is 12.2 Å². The molecule has 4 heteroatoms. The fourth-order valence-electron chi connectivity index (χ4n) is 7.70. The lowest BCUT2D eigenvalue weighted by Gasteiger charge is -2.43. The van der Waals surface area contributed by atoms with E-state index in [-0.39, 0.29) is 23.2 Å². The largest absolute Gasteiger partial charge is 0.481 e. The van der Waals surface area contributed by atoms with E-state index in [0.717, 1.165) is 44.9 Å². The van der Waals surface area contributed by atoms with E-state index >= 15 is 0 Å². The first-order chi connectivity index (χ1) is 10.9. The molecule has 4 aliphatic carbocycles. The van der Waals surface area contributed by atoms with E-state index in [1.54, 1.807) is 0 Å². The van der Waals surface area contributed by atoms with Crippen molar-refractivity contribution >= 4 is 11.9 Å². The van der Waals surface area contributed by atoms with Gasteiger partial charge in [-0.2, -0.15) is 0 Å². The van der Waals surface area contributed by atoms with Crippen LogP contribution in [0.5, 0.6) is 0 Å². The van der Waals surface area contributed by atoms with Crippen LogP contribution in [-0.2, 0) is 14.3 Å². The van der Waals surface area contributed by atoms with Crippen LogP contribution in [0.25, 0.3) is 0 Å². The molecule has 2 unspecified atom stereocenters. The van der Waals surface area contributed by atoms with Gasteiger partial charge in [-0.05, 0) is 63.2 Å². The number of aliphatic carboxylic acids is 1. The maximum atomic E-state index is 12.7. The highest BCUT2D eigenvalue weighted by Crippen LogP contribution is 2.77. The zero-order valence-electron chi connectivity index (χ0n) is 13.6. The topological polar surface area (TPSA) is 63.6 Å². The Bertz CT molecular complexity index is 654. The standard InChI is InChI=1S/C19H24O4/c1-10-8-18-9-11(10)4-5-12(18)19-7-3-6-17(2,16(22)23-19)14(19)13(18)15(20)21/h11-14H,1,3-9H2,2H3,(H,20,21)/t11-,12-,13-,14?,17+,18+,19?/m1/s1. The van der Waals surface area contributed by atoms with E-state index in [1.807, 2.05) is 6.92 Å². The summed E-state index contributed by atoms with van der Waals surface area (Å²) < 4.78 is 6.10. The Hall–Kier alpha value is -1.32. The van der Waals surface area contributed by atoms with Gasteiger partial charge in [-0.1, -0.05) is 12.2 Å². The molecule has 4 saturated carbocycles. The molecule has 5 fully saturated rings. The van der Waals surface area contributed by atoms with E-state index in [1.165, 1.54) is 5.57 Å². The number of esters is 1. The third-order valence-corrected chi connectivity index (χ3v) is 8.29. The Morgan fingerprint density at radius 2 is 2.13 bits per heavy atom. The third-order valence-electron chi connectivity index (χ3n) is 8.29. The predicted molar refractivity (Wildman–Crippen MR) is 82.4 cm³/mol. The van der Waals surface area contributed by atoms with Crippen molar-refractivity contribution in [2.45, 2.75) is 57.5 Å². The van der Waals surface area contributed by atoms with Gasteiger partial charge in [-0.25, -0.2) is 0 Å². The monoisotopic (exact) mass is 316 g/mol. The molecular weight excluding hydrogens is 292 g/mol. The van der Waals surface area contributed by atoms with Gasteiger partial charge in [-0.15, -0.1) is 0 Å². The summed E-state index contributed by atoms with van der Waals surface area (Å²) in [5.41, 5.74) is -0.0978. The number of rotatable bonds is 1. The lowest BCUT2D eigenvalue weighted by molar-refractivity contribution is -0.160. The third kappa shape index (κ3) is 1.29. The molecule has 0 radical (unpaired) electrons. The first-order valence-electron chi connectivity index (χ1n) is 8.99. The van der Waals surface area contributed by atoms with Gasteiger partial charge in [0.05, 0.1) is 11.3 Å². The molecule has 5 aliphatic rings. The van der Waals surface area contributed by atoms with Crippen molar-refractivity contribution in [2.24, 2.45) is 34.5 Å². The summed E-state index contributed by atoms with van der Waals surface area (Å²) in [4.78, 5) is 25.0. The Balaban J connectivity index is 1.75. The van der Waals surface area contributed by atoms with Gasteiger partial charge >= 0.3 is 11.9 Å². The summed E-state index contributed by atoms with van der Waals surface area (Å²) in [7, 11) is 0. The molecule has 1 N–H and O–H groups in total. The molecule has 23 heavy (non-hydrogen) atoms. The van der Waals surface area contributed by atoms with E-state index in [0.29, 0.717) is 5.92 Å². The van der Waals surface area contributed by atoms with Gasteiger partial charge in [0, 0.05) is 11.8 Å². The van der Waals surface area contributed by atoms with Crippen LogP contribution in [0.1, 0.15) is 51.9 Å². The molecule has 124 valence electrons. The molecular formula is C19H24O4. The van der Waals surface area contributed by atoms with Crippen molar-refractivity contribution in [1.82, 2.24) is 0 Å². The highest BCUT2D eigenvalue weighted by Gasteiger charge is 2.81. The average Bonchev–Trinajstić information content (AvgIpc) is 2.92. The minimum Gasteiger partial charge on any atom is -0.481 e. The fraction of sp³-hybridized carbons (Fsp3) is 0.789. The van der Waals surface area contributed by atoms with E-state index in [9.17, 15) is 14.7 Å². The SMILES string of the molecule is C=C1C[C@]23C[C@H]1CC[C@H]2C12CCC[C@](C)(C(=O)O1)C2[C@@H]3C(=O)O. The smallest absolute Gasteiger partial charge is 0.312 e. The maximum Gasteiger partial charge on any atom is 0.312 e. The summed E-state index contributed by atoms with van der Waals surface area (Å²) in [5.74, 6) is -0.771. The normalized spacial score (nSPS) is 56.2. The van der Waals surface area contributed by atoms with E-state index < -0.39 is 22.9 Å². The minimum absolute atomic E-state index is 0.139. The maximum absolute atomic E-state index is 12.7. The number of carbonyl (C=O) groups excluding carboxylic acids is 1. The number of ether oxygens (including phenoxy) is 1. The Morgan fingerprint density at radius 3 is 2.87 bits per heavy atom. The second kappa shape index (κ2) is 3.84. The van der Waals surface area contributed by atoms with Crippen LogP contribution in [0.2, 0.25) is 0 Å². The van der Waals surface area contributed by atoms with Crippen LogP contribution in [0.3, 0.4) is 0 Å². The molecule has 0 aromatic heterocycles. The molecule has 0 aromatic rings. The quantitative estimate of drug-likeness (QED) is 0.596. The molecule has 5 rings (SSSR count). The first-order valence-corrected chi connectivity index (χ1v) is 8.99. The second-order valence-electron chi connectivity index (χ2n) is 9.01. The summed E-state index contributed by atoms with van der Waals surface area (Å²) in [6.07, 6.45) is 6.45. The number of carboxylic acid groups (broad SMARTS) is 1. The molecule has 1 saturated heterocycles. The average molecular weight is 316 g/mol. The molecule has 4 nitrogen and oxygen atoms in total. The van der Waals surface area contributed by atoms with Crippen molar-refractivity contribution in [1.29, 1.82) is 0 Å². The fourth-order valence-corrected chi connectivity index (χ4v) is 7.70. The van der Waals surface area contributed by atoms with Gasteiger partial charge in [0.15, 0.2) is 0 Å². The van der Waals surface area contributed by atoms with Gasteiger partial charge in [0.25, 0.3) is 0 Å². The molecule has 1 aliphatic heterocycles. The van der Waals surface area contributed by atoms with Gasteiger partial charge in [-0.3, -0.25) is 9.59 Å². The molecule has 0 amide bonds. The minimum atomic E-state index is -0.719. The summed E-state index contributed by atoms with van der Waals surface area (Å²) in [6.45, 7) is 6.22. The molecule has 0 aromatic carbocycles. The number of allylic oxidation sites excluding steroid dienone is 1.